The second-order valence-electron chi connectivity index (χ2n) is 6.17. The highest BCUT2D eigenvalue weighted by atomic mass is 16.2. The normalized spacial score (nSPS) is 31.1. The van der Waals surface area contributed by atoms with Gasteiger partial charge in [0.1, 0.15) is 0 Å². The highest BCUT2D eigenvalue weighted by Gasteiger charge is 2.34. The summed E-state index contributed by atoms with van der Waals surface area (Å²) in [5.41, 5.74) is 2.51. The van der Waals surface area contributed by atoms with E-state index in [0.717, 1.165) is 38.0 Å². The summed E-state index contributed by atoms with van der Waals surface area (Å²) in [6, 6.07) is 0.634. The molecule has 1 saturated heterocycles. The van der Waals surface area contributed by atoms with Crippen molar-refractivity contribution in [2.45, 2.75) is 31.3 Å². The minimum atomic E-state index is -0.134. The number of piperidine rings is 1. The Labute approximate surface area is 137 Å². The molecule has 3 aliphatic rings. The Morgan fingerprint density at radius 1 is 1.57 bits per heavy atom. The number of fused-ring (bicyclic) bond motifs is 1. The summed E-state index contributed by atoms with van der Waals surface area (Å²) in [7, 11) is 1.64. The van der Waals surface area contributed by atoms with Crippen LogP contribution in [0.3, 0.4) is 0 Å². The number of rotatable bonds is 3. The molecule has 3 N–H and O–H groups in total. The molecule has 23 heavy (non-hydrogen) atoms. The number of aliphatic imine (C=N–C) groups is 1. The molecule has 2 heterocycles. The number of hydrogen-bond donors (Lipinski definition) is 3. The van der Waals surface area contributed by atoms with E-state index in [1.165, 1.54) is 5.57 Å². The molecule has 6 nitrogen and oxygen atoms in total. The maximum Gasteiger partial charge on any atom is 0.325 e. The molecule has 3 unspecified atom stereocenters. The van der Waals surface area contributed by atoms with E-state index in [0.29, 0.717) is 18.0 Å². The molecule has 0 aromatic rings. The number of nitrogens with one attached hydrogen (secondary N) is 3. The van der Waals surface area contributed by atoms with Gasteiger partial charge < -0.3 is 16.0 Å². The second-order valence-corrected chi connectivity index (χ2v) is 6.17. The quantitative estimate of drug-likeness (QED) is 0.689. The van der Waals surface area contributed by atoms with Gasteiger partial charge in [-0.3, -0.25) is 9.89 Å². The molecule has 3 atom stereocenters. The van der Waals surface area contributed by atoms with Crippen molar-refractivity contribution in [3.05, 3.63) is 36.2 Å². The minimum Gasteiger partial charge on any atom is -0.368 e. The molecule has 0 spiro atoms. The number of carbonyl (C=O) groups is 1. The average Bonchev–Trinajstić information content (AvgIpc) is 3.09. The van der Waals surface area contributed by atoms with E-state index >= 15 is 0 Å². The van der Waals surface area contributed by atoms with E-state index < -0.39 is 0 Å². The summed E-state index contributed by atoms with van der Waals surface area (Å²) in [5.74, 6) is 0.429. The van der Waals surface area contributed by atoms with Crippen LogP contribution in [0.4, 0.5) is 4.79 Å². The van der Waals surface area contributed by atoms with Crippen LogP contribution >= 0.6 is 0 Å². The Hall–Kier alpha value is -2.08. The monoisotopic (exact) mass is 315 g/mol. The zero-order chi connectivity index (χ0) is 16.2. The first-order valence-electron chi connectivity index (χ1n) is 8.23. The predicted molar refractivity (Wildman–Crippen MR) is 92.1 cm³/mol. The van der Waals surface area contributed by atoms with Gasteiger partial charge in [-0.15, -0.1) is 0 Å². The van der Waals surface area contributed by atoms with Gasteiger partial charge in [0.25, 0.3) is 0 Å². The van der Waals surface area contributed by atoms with E-state index in [4.69, 9.17) is 0 Å². The predicted octanol–water partition coefficient (Wildman–Crippen LogP) is 1.35. The van der Waals surface area contributed by atoms with Crippen LogP contribution in [0.2, 0.25) is 0 Å². The third-order valence-corrected chi connectivity index (χ3v) is 4.84. The molecule has 2 amide bonds. The number of allylic oxidation sites excluding steroid dienone is 1. The third-order valence-electron chi connectivity index (χ3n) is 4.84. The van der Waals surface area contributed by atoms with E-state index in [1.54, 1.807) is 24.5 Å². The Morgan fingerprint density at radius 2 is 2.43 bits per heavy atom. The smallest absolute Gasteiger partial charge is 0.325 e. The Morgan fingerprint density at radius 3 is 3.13 bits per heavy atom. The summed E-state index contributed by atoms with van der Waals surface area (Å²) >= 11 is 0. The number of amides is 2. The lowest BCUT2D eigenvalue weighted by atomic mass is 9.77. The molecule has 6 heteroatoms. The average molecular weight is 315 g/mol. The summed E-state index contributed by atoms with van der Waals surface area (Å²) in [4.78, 5) is 17.9. The van der Waals surface area contributed by atoms with Crippen molar-refractivity contribution < 1.29 is 4.79 Å². The van der Waals surface area contributed by atoms with Crippen molar-refractivity contribution in [2.24, 2.45) is 10.9 Å². The minimum absolute atomic E-state index is 0.134. The fourth-order valence-electron chi connectivity index (χ4n) is 3.66. The topological polar surface area (TPSA) is 68.8 Å². The summed E-state index contributed by atoms with van der Waals surface area (Å²) < 4.78 is 0. The van der Waals surface area contributed by atoms with Crippen LogP contribution in [0.25, 0.3) is 0 Å². The van der Waals surface area contributed by atoms with Crippen LogP contribution in [-0.4, -0.2) is 49.5 Å². The van der Waals surface area contributed by atoms with Gasteiger partial charge in [-0.2, -0.15) is 0 Å². The molecule has 1 aliphatic carbocycles. The first-order chi connectivity index (χ1) is 11.2. The number of urea groups is 1. The van der Waals surface area contributed by atoms with Gasteiger partial charge in [-0.05, 0) is 25.8 Å². The van der Waals surface area contributed by atoms with Crippen LogP contribution in [0, 0.1) is 5.92 Å². The maximum atomic E-state index is 12.0. The number of nitrogens with zero attached hydrogens (tertiary/aromatic N) is 2. The third kappa shape index (κ3) is 3.32. The standard InChI is InChI=1S/C17H25N5O/c1-3-22(17(23)18-2)14-4-5-16-15(9-14)12(6-7-20-16)8-13-10-19-11-21-13/h3-4,8,11,13,15-16,20H,1,5-7,9-10H2,2H3,(H,18,23)(H,19,21)/b12-8+. The van der Waals surface area contributed by atoms with Gasteiger partial charge in [0.2, 0.25) is 0 Å². The second kappa shape index (κ2) is 7.00. The van der Waals surface area contributed by atoms with E-state index in [-0.39, 0.29) is 6.03 Å². The van der Waals surface area contributed by atoms with E-state index in [2.05, 4.69) is 39.7 Å². The highest BCUT2D eigenvalue weighted by Crippen LogP contribution is 2.36. The van der Waals surface area contributed by atoms with Crippen molar-refractivity contribution >= 4 is 12.4 Å². The van der Waals surface area contributed by atoms with Crippen LogP contribution in [-0.2, 0) is 0 Å². The summed E-state index contributed by atoms with van der Waals surface area (Å²) in [6.45, 7) is 5.61. The fourth-order valence-corrected chi connectivity index (χ4v) is 3.66. The molecular formula is C17H25N5O. The zero-order valence-electron chi connectivity index (χ0n) is 13.6. The molecule has 3 rings (SSSR count). The van der Waals surface area contributed by atoms with Gasteiger partial charge in [0.15, 0.2) is 0 Å². The van der Waals surface area contributed by atoms with Crippen molar-refractivity contribution in [2.75, 3.05) is 20.1 Å². The molecular weight excluding hydrogens is 290 g/mol. The molecule has 0 aromatic heterocycles. The molecule has 0 bridgehead atoms. The van der Waals surface area contributed by atoms with E-state index in [1.807, 2.05) is 0 Å². The van der Waals surface area contributed by atoms with Crippen molar-refractivity contribution in [1.82, 2.24) is 20.9 Å². The van der Waals surface area contributed by atoms with Crippen LogP contribution in [0.5, 0.6) is 0 Å². The lowest BCUT2D eigenvalue weighted by Crippen LogP contribution is -2.46. The summed E-state index contributed by atoms with van der Waals surface area (Å²) in [6.07, 6.45) is 10.7. The van der Waals surface area contributed by atoms with Gasteiger partial charge in [-0.1, -0.05) is 24.3 Å². The number of hydrogen-bond acceptors (Lipinski definition) is 4. The molecule has 0 saturated carbocycles. The van der Waals surface area contributed by atoms with Gasteiger partial charge in [-0.25, -0.2) is 4.79 Å². The van der Waals surface area contributed by atoms with Crippen LogP contribution in [0.1, 0.15) is 19.3 Å². The summed E-state index contributed by atoms with van der Waals surface area (Å²) in [5, 5.41) is 9.57. The highest BCUT2D eigenvalue weighted by molar-refractivity contribution is 5.77. The van der Waals surface area contributed by atoms with E-state index in [9.17, 15) is 4.79 Å². The first kappa shape index (κ1) is 15.8. The largest absolute Gasteiger partial charge is 0.368 e. The molecule has 0 aromatic carbocycles. The van der Waals surface area contributed by atoms with Crippen molar-refractivity contribution in [3.63, 3.8) is 0 Å². The van der Waals surface area contributed by atoms with Gasteiger partial charge in [0.05, 0.1) is 18.9 Å². The van der Waals surface area contributed by atoms with Gasteiger partial charge in [0, 0.05) is 30.9 Å². The van der Waals surface area contributed by atoms with Gasteiger partial charge >= 0.3 is 6.03 Å². The maximum absolute atomic E-state index is 12.0. The molecule has 1 fully saturated rings. The SMILES string of the molecule is C=CN(C(=O)NC)C1=CCC2NCC/C(=C\C3CN=CN3)C2C1. The Kier molecular flexibility index (Phi) is 4.81. The van der Waals surface area contributed by atoms with Crippen molar-refractivity contribution in [3.8, 4) is 0 Å². The lowest BCUT2D eigenvalue weighted by molar-refractivity contribution is 0.220. The van der Waals surface area contributed by atoms with Crippen LogP contribution < -0.4 is 16.0 Å². The molecule has 2 aliphatic heterocycles. The van der Waals surface area contributed by atoms with Crippen molar-refractivity contribution in [1.29, 1.82) is 0 Å². The first-order valence-corrected chi connectivity index (χ1v) is 8.23. The molecule has 0 radical (unpaired) electrons. The lowest BCUT2D eigenvalue weighted by Gasteiger charge is -2.40. The Bertz CT molecular complexity index is 557. The number of carbonyl (C=O) groups excluding carboxylic acids is 1. The molecule has 124 valence electrons. The fraction of sp³-hybridized carbons (Fsp3) is 0.529. The zero-order valence-corrected chi connectivity index (χ0v) is 13.6. The Balaban J connectivity index is 1.78. The van der Waals surface area contributed by atoms with Crippen LogP contribution in [0.15, 0.2) is 41.2 Å².